The number of benzene rings is 1. The molecule has 0 radical (unpaired) electrons. The first-order valence-corrected chi connectivity index (χ1v) is 7.63. The van der Waals surface area contributed by atoms with E-state index in [9.17, 15) is 14.3 Å². The van der Waals surface area contributed by atoms with Crippen LogP contribution in [0.1, 0.15) is 21.5 Å². The van der Waals surface area contributed by atoms with Crippen LogP contribution < -0.4 is 5.32 Å². The molecule has 2 rings (SSSR count). The molecule has 0 fully saturated rings. The van der Waals surface area contributed by atoms with Crippen molar-refractivity contribution < 1.29 is 14.3 Å². The van der Waals surface area contributed by atoms with Gasteiger partial charge in [0.15, 0.2) is 0 Å². The van der Waals surface area contributed by atoms with Crippen LogP contribution in [-0.2, 0) is 6.42 Å². The second kappa shape index (κ2) is 8.04. The Morgan fingerprint density at radius 3 is 2.87 bits per heavy atom. The molecule has 122 valence electrons. The van der Waals surface area contributed by atoms with Gasteiger partial charge >= 0.3 is 0 Å². The molecular formula is C17H18ClFN2O2. The molecule has 1 aromatic carbocycles. The minimum Gasteiger partial charge on any atom is -0.396 e. The van der Waals surface area contributed by atoms with E-state index in [1.165, 1.54) is 18.3 Å². The molecule has 2 aromatic rings. The maximum absolute atomic E-state index is 13.8. The van der Waals surface area contributed by atoms with Gasteiger partial charge in [-0.25, -0.2) is 4.39 Å². The number of halogens is 2. The van der Waals surface area contributed by atoms with Crippen LogP contribution in [0, 0.1) is 18.7 Å². The zero-order valence-corrected chi connectivity index (χ0v) is 13.5. The second-order valence-electron chi connectivity index (χ2n) is 5.35. The molecule has 1 heterocycles. The average molecular weight is 337 g/mol. The van der Waals surface area contributed by atoms with E-state index in [1.807, 2.05) is 6.92 Å². The minimum absolute atomic E-state index is 0.184. The SMILES string of the molecule is Cc1ccncc1C(=O)NCC(CO)Cc1c(F)cccc1Cl. The van der Waals surface area contributed by atoms with Crippen molar-refractivity contribution in [2.45, 2.75) is 13.3 Å². The lowest BCUT2D eigenvalue weighted by Gasteiger charge is -2.17. The number of hydrogen-bond donors (Lipinski definition) is 2. The molecule has 0 saturated heterocycles. The number of aromatic nitrogens is 1. The number of aliphatic hydroxyl groups excluding tert-OH is 1. The number of nitrogens with zero attached hydrogens (tertiary/aromatic N) is 1. The van der Waals surface area contributed by atoms with Gasteiger partial charge in [-0.15, -0.1) is 0 Å². The van der Waals surface area contributed by atoms with Crippen LogP contribution in [0.3, 0.4) is 0 Å². The lowest BCUT2D eigenvalue weighted by molar-refractivity contribution is 0.0939. The molecule has 4 nitrogen and oxygen atoms in total. The Labute approximate surface area is 139 Å². The second-order valence-corrected chi connectivity index (χ2v) is 5.76. The molecule has 0 aliphatic rings. The van der Waals surface area contributed by atoms with Crippen molar-refractivity contribution in [2.75, 3.05) is 13.2 Å². The fourth-order valence-corrected chi connectivity index (χ4v) is 2.49. The fourth-order valence-electron chi connectivity index (χ4n) is 2.25. The van der Waals surface area contributed by atoms with E-state index in [0.717, 1.165) is 5.56 Å². The highest BCUT2D eigenvalue weighted by atomic mass is 35.5. The number of hydrogen-bond acceptors (Lipinski definition) is 3. The summed E-state index contributed by atoms with van der Waals surface area (Å²) >= 11 is 5.99. The van der Waals surface area contributed by atoms with Gasteiger partial charge in [0.1, 0.15) is 5.82 Å². The van der Waals surface area contributed by atoms with E-state index in [1.54, 1.807) is 18.3 Å². The number of carbonyl (C=O) groups is 1. The Bertz CT molecular complexity index is 674. The largest absolute Gasteiger partial charge is 0.396 e. The van der Waals surface area contributed by atoms with Crippen molar-refractivity contribution in [3.63, 3.8) is 0 Å². The summed E-state index contributed by atoms with van der Waals surface area (Å²) in [5, 5.41) is 12.5. The molecule has 1 aromatic heterocycles. The van der Waals surface area contributed by atoms with Crippen molar-refractivity contribution in [3.05, 3.63) is 64.2 Å². The number of rotatable bonds is 6. The van der Waals surface area contributed by atoms with Gasteiger partial charge in [0, 0.05) is 42.0 Å². The lowest BCUT2D eigenvalue weighted by atomic mass is 9.99. The Hall–Kier alpha value is -1.98. The molecule has 0 aliphatic heterocycles. The molecule has 2 N–H and O–H groups in total. The summed E-state index contributed by atoms with van der Waals surface area (Å²) in [6, 6.07) is 6.21. The topological polar surface area (TPSA) is 62.2 Å². The third-order valence-electron chi connectivity index (χ3n) is 3.65. The highest BCUT2D eigenvalue weighted by molar-refractivity contribution is 6.31. The average Bonchev–Trinajstić information content (AvgIpc) is 2.54. The van der Waals surface area contributed by atoms with Crippen LogP contribution in [-0.4, -0.2) is 29.1 Å². The Balaban J connectivity index is 2.00. The summed E-state index contributed by atoms with van der Waals surface area (Å²) in [5.41, 5.74) is 1.64. The van der Waals surface area contributed by atoms with Crippen molar-refractivity contribution in [3.8, 4) is 0 Å². The third-order valence-corrected chi connectivity index (χ3v) is 4.00. The van der Waals surface area contributed by atoms with Gasteiger partial charge in [0.25, 0.3) is 5.91 Å². The molecule has 23 heavy (non-hydrogen) atoms. The number of pyridine rings is 1. The highest BCUT2D eigenvalue weighted by Gasteiger charge is 2.16. The molecule has 0 saturated carbocycles. The van der Waals surface area contributed by atoms with E-state index in [2.05, 4.69) is 10.3 Å². The first-order valence-electron chi connectivity index (χ1n) is 7.25. The van der Waals surface area contributed by atoms with Crippen molar-refractivity contribution in [1.82, 2.24) is 10.3 Å². The molecule has 6 heteroatoms. The number of amides is 1. The van der Waals surface area contributed by atoms with Gasteiger partial charge in [-0.2, -0.15) is 0 Å². The molecule has 0 aliphatic carbocycles. The zero-order chi connectivity index (χ0) is 16.8. The van der Waals surface area contributed by atoms with Crippen LogP contribution in [0.4, 0.5) is 4.39 Å². The monoisotopic (exact) mass is 336 g/mol. The number of aryl methyl sites for hydroxylation is 1. The number of nitrogens with one attached hydrogen (secondary N) is 1. The molecule has 1 atom stereocenters. The fraction of sp³-hybridized carbons (Fsp3) is 0.294. The van der Waals surface area contributed by atoms with Gasteiger partial charge in [0.2, 0.25) is 0 Å². The number of aliphatic hydroxyl groups is 1. The van der Waals surface area contributed by atoms with Gasteiger partial charge in [-0.1, -0.05) is 17.7 Å². The summed E-state index contributed by atoms with van der Waals surface area (Å²) < 4.78 is 13.8. The van der Waals surface area contributed by atoms with Crippen LogP contribution in [0.5, 0.6) is 0 Å². The lowest BCUT2D eigenvalue weighted by Crippen LogP contribution is -2.32. The first kappa shape index (κ1) is 17.4. The summed E-state index contributed by atoms with van der Waals surface area (Å²) in [6.07, 6.45) is 3.35. The van der Waals surface area contributed by atoms with Gasteiger partial charge in [0.05, 0.1) is 5.56 Å². The Kier molecular flexibility index (Phi) is 6.07. The Morgan fingerprint density at radius 2 is 2.22 bits per heavy atom. The molecule has 0 spiro atoms. The van der Waals surface area contributed by atoms with Gasteiger partial charge in [-0.3, -0.25) is 9.78 Å². The van der Waals surface area contributed by atoms with E-state index in [4.69, 9.17) is 11.6 Å². The maximum Gasteiger partial charge on any atom is 0.253 e. The normalized spacial score (nSPS) is 12.0. The van der Waals surface area contributed by atoms with Gasteiger partial charge in [-0.05, 0) is 37.1 Å². The van der Waals surface area contributed by atoms with Crippen LogP contribution in [0.2, 0.25) is 5.02 Å². The summed E-state index contributed by atoms with van der Waals surface area (Å²) in [7, 11) is 0. The summed E-state index contributed by atoms with van der Waals surface area (Å²) in [5.74, 6) is -1.01. The third kappa shape index (κ3) is 4.50. The van der Waals surface area contributed by atoms with E-state index in [0.29, 0.717) is 16.1 Å². The van der Waals surface area contributed by atoms with E-state index in [-0.39, 0.29) is 31.4 Å². The molecular weight excluding hydrogens is 319 g/mol. The Morgan fingerprint density at radius 1 is 1.43 bits per heavy atom. The molecule has 1 unspecified atom stereocenters. The van der Waals surface area contributed by atoms with Crippen molar-refractivity contribution >= 4 is 17.5 Å². The molecule has 0 bridgehead atoms. The van der Waals surface area contributed by atoms with E-state index >= 15 is 0 Å². The molecule has 1 amide bonds. The van der Waals surface area contributed by atoms with Gasteiger partial charge < -0.3 is 10.4 Å². The quantitative estimate of drug-likeness (QED) is 0.852. The van der Waals surface area contributed by atoms with E-state index < -0.39 is 5.82 Å². The maximum atomic E-state index is 13.8. The summed E-state index contributed by atoms with van der Waals surface area (Å²) in [6.45, 7) is 1.85. The van der Waals surface area contributed by atoms with Crippen LogP contribution in [0.25, 0.3) is 0 Å². The minimum atomic E-state index is -0.412. The standard InChI is InChI=1S/C17H18ClFN2O2/c1-11-5-6-20-9-14(11)17(23)21-8-12(10-22)7-13-15(18)3-2-4-16(13)19/h2-6,9,12,22H,7-8,10H2,1H3,(H,21,23). The van der Waals surface area contributed by atoms with Crippen LogP contribution >= 0.6 is 11.6 Å². The number of carbonyl (C=O) groups excluding carboxylic acids is 1. The predicted molar refractivity (Wildman–Crippen MR) is 87.0 cm³/mol. The first-order chi connectivity index (χ1) is 11.0. The van der Waals surface area contributed by atoms with Crippen molar-refractivity contribution in [2.24, 2.45) is 5.92 Å². The van der Waals surface area contributed by atoms with Crippen LogP contribution in [0.15, 0.2) is 36.7 Å². The smallest absolute Gasteiger partial charge is 0.253 e. The summed E-state index contributed by atoms with van der Waals surface area (Å²) in [4.78, 5) is 16.1. The predicted octanol–water partition coefficient (Wildman–Crippen LogP) is 2.76. The highest BCUT2D eigenvalue weighted by Crippen LogP contribution is 2.22. The zero-order valence-electron chi connectivity index (χ0n) is 12.7. The van der Waals surface area contributed by atoms with Crippen molar-refractivity contribution in [1.29, 1.82) is 0 Å².